The van der Waals surface area contributed by atoms with Crippen LogP contribution in [0, 0.1) is 13.8 Å². The van der Waals surface area contributed by atoms with Crippen molar-refractivity contribution in [3.8, 4) is 22.3 Å². The van der Waals surface area contributed by atoms with Crippen molar-refractivity contribution < 1.29 is 0 Å². The number of rotatable bonds is 9. The Morgan fingerprint density at radius 1 is 0.424 bits per heavy atom. The molecule has 0 saturated heterocycles. The Labute approximate surface area is 394 Å². The summed E-state index contributed by atoms with van der Waals surface area (Å²) in [6.45, 7) is 4.27. The van der Waals surface area contributed by atoms with Gasteiger partial charge in [0.25, 0.3) is 0 Å². The highest BCUT2D eigenvalue weighted by atomic mass is 32.1. The van der Waals surface area contributed by atoms with Gasteiger partial charge in [0, 0.05) is 63.1 Å². The van der Waals surface area contributed by atoms with Gasteiger partial charge in [-0.25, -0.2) is 0 Å². The van der Waals surface area contributed by atoms with Crippen LogP contribution in [0.5, 0.6) is 0 Å². The topological polar surface area (TPSA) is 15.3 Å². The lowest BCUT2D eigenvalue weighted by Gasteiger charge is -2.35. The maximum atomic E-state index is 4.04. The molecule has 2 nitrogen and oxygen atoms in total. The lowest BCUT2D eigenvalue weighted by molar-refractivity contribution is 0.621. The minimum atomic E-state index is -0.446. The summed E-state index contributed by atoms with van der Waals surface area (Å²) in [4.78, 5) is 2.39. The SMILES string of the molecule is Cc1ccc(-c2ccc(NC3(c4ccc5sc6ccccc6c5c4)C=CC(c4ccc(N(c5ccc(-c6ccc(C)cc6)cc5)c5ccc6sc7ccccc7c6c5)cc4)=CC3)cc2)cc1. The number of nitrogens with one attached hydrogen (secondary N) is 1. The van der Waals surface area contributed by atoms with Crippen molar-refractivity contribution in [1.82, 2.24) is 0 Å². The predicted molar refractivity (Wildman–Crippen MR) is 287 cm³/mol. The van der Waals surface area contributed by atoms with E-state index < -0.39 is 5.54 Å². The molecule has 0 radical (unpaired) electrons. The zero-order valence-electron chi connectivity index (χ0n) is 36.8. The first-order valence-corrected chi connectivity index (χ1v) is 24.3. The first kappa shape index (κ1) is 40.0. The third-order valence-corrected chi connectivity index (χ3v) is 15.6. The molecule has 0 bridgehead atoms. The Bertz CT molecular complexity index is 3630. The molecule has 1 unspecified atom stereocenters. The fourth-order valence-electron chi connectivity index (χ4n) is 9.64. The quantitative estimate of drug-likeness (QED) is 0.155. The average molecular weight is 883 g/mol. The number of hydrogen-bond acceptors (Lipinski definition) is 4. The molecule has 316 valence electrons. The molecular weight excluding hydrogens is 837 g/mol. The van der Waals surface area contributed by atoms with Crippen molar-refractivity contribution in [1.29, 1.82) is 0 Å². The van der Waals surface area contributed by atoms with E-state index in [0.29, 0.717) is 0 Å². The number of fused-ring (bicyclic) bond motifs is 6. The van der Waals surface area contributed by atoms with Gasteiger partial charge < -0.3 is 10.2 Å². The molecule has 9 aromatic carbocycles. The monoisotopic (exact) mass is 882 g/mol. The lowest BCUT2D eigenvalue weighted by Crippen LogP contribution is -2.34. The molecule has 0 saturated carbocycles. The highest BCUT2D eigenvalue weighted by Gasteiger charge is 2.31. The highest BCUT2D eigenvalue weighted by molar-refractivity contribution is 7.26. The molecule has 0 fully saturated rings. The number of hydrogen-bond donors (Lipinski definition) is 1. The van der Waals surface area contributed by atoms with Gasteiger partial charge in [-0.05, 0) is 138 Å². The second kappa shape index (κ2) is 16.5. The van der Waals surface area contributed by atoms with E-state index in [1.54, 1.807) is 0 Å². The second-order valence-electron chi connectivity index (χ2n) is 17.6. The summed E-state index contributed by atoms with van der Waals surface area (Å²) >= 11 is 3.72. The average Bonchev–Trinajstić information content (AvgIpc) is 3.93. The minimum Gasteiger partial charge on any atom is -0.372 e. The molecular formula is C62H46N2S2. The number of aryl methyl sites for hydroxylation is 2. The summed E-state index contributed by atoms with van der Waals surface area (Å²) in [5.74, 6) is 0. The fourth-order valence-corrected chi connectivity index (χ4v) is 11.8. The van der Waals surface area contributed by atoms with Gasteiger partial charge in [0.2, 0.25) is 0 Å². The van der Waals surface area contributed by atoms with Crippen LogP contribution >= 0.6 is 22.7 Å². The maximum Gasteiger partial charge on any atom is 0.0848 e. The summed E-state index contributed by atoms with van der Waals surface area (Å²) in [5.41, 5.74) is 15.1. The van der Waals surface area contributed by atoms with E-state index in [4.69, 9.17) is 0 Å². The van der Waals surface area contributed by atoms with Crippen LogP contribution in [0.1, 0.15) is 28.7 Å². The second-order valence-corrected chi connectivity index (χ2v) is 19.8. The molecule has 12 rings (SSSR count). The molecule has 11 aromatic rings. The van der Waals surface area contributed by atoms with Gasteiger partial charge in [-0.15, -0.1) is 22.7 Å². The van der Waals surface area contributed by atoms with Crippen LogP contribution in [0.2, 0.25) is 0 Å². The van der Waals surface area contributed by atoms with E-state index in [9.17, 15) is 0 Å². The molecule has 1 aliphatic carbocycles. The molecule has 0 aliphatic heterocycles. The number of thiophene rings is 2. The number of benzene rings is 9. The Morgan fingerprint density at radius 3 is 1.42 bits per heavy atom. The predicted octanol–water partition coefficient (Wildman–Crippen LogP) is 18.2. The van der Waals surface area contributed by atoms with Gasteiger partial charge in [-0.2, -0.15) is 0 Å². The van der Waals surface area contributed by atoms with Crippen molar-refractivity contribution >= 4 is 91.3 Å². The van der Waals surface area contributed by atoms with E-state index >= 15 is 0 Å². The van der Waals surface area contributed by atoms with Crippen LogP contribution < -0.4 is 10.2 Å². The van der Waals surface area contributed by atoms with Crippen molar-refractivity contribution in [2.24, 2.45) is 0 Å². The fraction of sp³-hybridized carbons (Fsp3) is 0.0645. The van der Waals surface area contributed by atoms with Gasteiger partial charge >= 0.3 is 0 Å². The van der Waals surface area contributed by atoms with Crippen molar-refractivity contribution in [2.45, 2.75) is 25.8 Å². The summed E-state index contributed by atoms with van der Waals surface area (Å²) in [6, 6.07) is 76.0. The summed E-state index contributed by atoms with van der Waals surface area (Å²) < 4.78 is 5.25. The van der Waals surface area contributed by atoms with Crippen LogP contribution in [0.4, 0.5) is 22.7 Å². The van der Waals surface area contributed by atoms with Gasteiger partial charge in [-0.3, -0.25) is 0 Å². The standard InChI is InChI=1S/C62H46N2S2/c1-41-11-15-43(16-12-41)45-19-26-50(27-20-45)63-62(49-25-33-60-56(39-49)54-7-3-5-9-58(54)65-60)37-35-48(36-38-62)47-23-30-52(31-24-47)64(51-28-21-46(22-29-51)44-17-13-42(2)14-18-44)53-32-34-61-57(40-53)55-8-4-6-10-59(55)66-61/h3-37,39-40,63H,38H2,1-2H3. The summed E-state index contributed by atoms with van der Waals surface area (Å²) in [7, 11) is 0. The minimum absolute atomic E-state index is 0.446. The molecule has 2 heterocycles. The van der Waals surface area contributed by atoms with Crippen molar-refractivity contribution in [2.75, 3.05) is 10.2 Å². The first-order valence-electron chi connectivity index (χ1n) is 22.7. The van der Waals surface area contributed by atoms with E-state index in [1.807, 2.05) is 22.7 Å². The van der Waals surface area contributed by atoms with E-state index in [0.717, 1.165) is 29.2 Å². The van der Waals surface area contributed by atoms with Gasteiger partial charge in [0.1, 0.15) is 0 Å². The third kappa shape index (κ3) is 7.39. The molecule has 0 amide bonds. The Hall–Kier alpha value is -7.50. The molecule has 2 aromatic heterocycles. The van der Waals surface area contributed by atoms with E-state index in [-0.39, 0.29) is 0 Å². The number of allylic oxidation sites excluding steroid dienone is 2. The van der Waals surface area contributed by atoms with E-state index in [2.05, 4.69) is 249 Å². The summed E-state index contributed by atoms with van der Waals surface area (Å²) in [5, 5.41) is 9.25. The van der Waals surface area contributed by atoms with Crippen LogP contribution in [0.25, 0.3) is 68.2 Å². The van der Waals surface area contributed by atoms with Crippen LogP contribution in [-0.2, 0) is 5.54 Å². The molecule has 1 atom stereocenters. The van der Waals surface area contributed by atoms with Crippen LogP contribution in [0.3, 0.4) is 0 Å². The molecule has 1 N–H and O–H groups in total. The molecule has 1 aliphatic rings. The normalized spacial score (nSPS) is 14.8. The smallest absolute Gasteiger partial charge is 0.0848 e. The van der Waals surface area contributed by atoms with Gasteiger partial charge in [0.15, 0.2) is 0 Å². The molecule has 4 heteroatoms. The summed E-state index contributed by atoms with van der Waals surface area (Å²) in [6.07, 6.45) is 7.92. The van der Waals surface area contributed by atoms with Crippen LogP contribution in [-0.4, -0.2) is 0 Å². The molecule has 66 heavy (non-hydrogen) atoms. The third-order valence-electron chi connectivity index (χ3n) is 13.3. The first-order chi connectivity index (χ1) is 32.4. The Morgan fingerprint density at radius 2 is 0.879 bits per heavy atom. The zero-order chi connectivity index (χ0) is 44.2. The number of anilines is 4. The van der Waals surface area contributed by atoms with Crippen LogP contribution in [0.15, 0.2) is 224 Å². The Balaban J connectivity index is 0.889. The van der Waals surface area contributed by atoms with Crippen molar-refractivity contribution in [3.05, 3.63) is 247 Å². The highest BCUT2D eigenvalue weighted by Crippen LogP contribution is 2.44. The number of nitrogens with zero attached hydrogens (tertiary/aromatic N) is 1. The van der Waals surface area contributed by atoms with Crippen molar-refractivity contribution in [3.63, 3.8) is 0 Å². The molecule has 0 spiro atoms. The zero-order valence-corrected chi connectivity index (χ0v) is 38.5. The largest absolute Gasteiger partial charge is 0.372 e. The lowest BCUT2D eigenvalue weighted by atomic mass is 9.80. The Kier molecular flexibility index (Phi) is 10.0. The van der Waals surface area contributed by atoms with Gasteiger partial charge in [0.05, 0.1) is 5.54 Å². The van der Waals surface area contributed by atoms with E-state index in [1.165, 1.54) is 90.4 Å². The van der Waals surface area contributed by atoms with Gasteiger partial charge in [-0.1, -0.05) is 157 Å². The maximum absolute atomic E-state index is 4.04.